The monoisotopic (exact) mass is 255 g/mol. The van der Waals surface area contributed by atoms with E-state index in [-0.39, 0.29) is 5.91 Å². The smallest absolute Gasteiger partial charge is 0.245 e. The van der Waals surface area contributed by atoms with Gasteiger partial charge in [0.05, 0.1) is 7.11 Å². The Morgan fingerprint density at radius 3 is 2.24 bits per heavy atom. The summed E-state index contributed by atoms with van der Waals surface area (Å²) in [5.74, 6) is 0.703. The van der Waals surface area contributed by atoms with Gasteiger partial charge in [-0.25, -0.2) is 0 Å². The number of carbonyl (C=O) groups is 1. The quantitative estimate of drug-likeness (QED) is 0.758. The van der Waals surface area contributed by atoms with Gasteiger partial charge < -0.3 is 9.64 Å². The molecule has 0 saturated carbocycles. The Bertz CT molecular complexity index is 360. The molecule has 17 heavy (non-hydrogen) atoms. The van der Waals surface area contributed by atoms with Crippen molar-refractivity contribution in [3.63, 3.8) is 0 Å². The standard InChI is InChI=1S/C13H18ClNO2/c1-4-15(5-2)13(16)12(14)10-6-8-11(17-3)9-7-10/h6-9,12H,4-5H2,1-3H3. The van der Waals surface area contributed by atoms with Gasteiger partial charge in [-0.1, -0.05) is 12.1 Å². The normalized spacial score (nSPS) is 12.0. The number of hydrogen-bond donors (Lipinski definition) is 0. The first-order chi connectivity index (χ1) is 8.13. The highest BCUT2D eigenvalue weighted by atomic mass is 35.5. The summed E-state index contributed by atoms with van der Waals surface area (Å²) in [6.07, 6.45) is 0. The molecule has 0 aromatic heterocycles. The molecule has 0 bridgehead atoms. The Morgan fingerprint density at radius 1 is 1.29 bits per heavy atom. The van der Waals surface area contributed by atoms with Crippen LogP contribution in [0.4, 0.5) is 0 Å². The second kappa shape index (κ2) is 6.50. The fourth-order valence-electron chi connectivity index (χ4n) is 1.61. The van der Waals surface area contributed by atoms with E-state index in [1.807, 2.05) is 26.0 Å². The summed E-state index contributed by atoms with van der Waals surface area (Å²) < 4.78 is 5.06. The number of rotatable bonds is 5. The number of carbonyl (C=O) groups excluding carboxylic acids is 1. The molecule has 0 radical (unpaired) electrons. The summed E-state index contributed by atoms with van der Waals surface area (Å²) in [6, 6.07) is 7.25. The van der Waals surface area contributed by atoms with E-state index in [0.717, 1.165) is 11.3 Å². The maximum absolute atomic E-state index is 12.0. The Morgan fingerprint density at radius 2 is 1.82 bits per heavy atom. The SMILES string of the molecule is CCN(CC)C(=O)C(Cl)c1ccc(OC)cc1. The summed E-state index contributed by atoms with van der Waals surface area (Å²) in [5, 5.41) is -0.624. The van der Waals surface area contributed by atoms with Gasteiger partial charge >= 0.3 is 0 Å². The van der Waals surface area contributed by atoms with Crippen molar-refractivity contribution in [1.29, 1.82) is 0 Å². The van der Waals surface area contributed by atoms with Crippen molar-refractivity contribution in [1.82, 2.24) is 4.90 Å². The van der Waals surface area contributed by atoms with Gasteiger partial charge in [0.15, 0.2) is 0 Å². The number of amides is 1. The minimum Gasteiger partial charge on any atom is -0.497 e. The van der Waals surface area contributed by atoms with Crippen molar-refractivity contribution >= 4 is 17.5 Å². The van der Waals surface area contributed by atoms with Crippen molar-refractivity contribution in [3.8, 4) is 5.75 Å². The Labute approximate surface area is 107 Å². The van der Waals surface area contributed by atoms with Crippen LogP contribution in [-0.4, -0.2) is 31.0 Å². The van der Waals surface area contributed by atoms with Crippen molar-refractivity contribution in [3.05, 3.63) is 29.8 Å². The van der Waals surface area contributed by atoms with Crippen molar-refractivity contribution in [2.24, 2.45) is 0 Å². The van der Waals surface area contributed by atoms with Gasteiger partial charge in [-0.15, -0.1) is 11.6 Å². The molecular weight excluding hydrogens is 238 g/mol. The summed E-state index contributed by atoms with van der Waals surface area (Å²) in [5.41, 5.74) is 0.796. The molecule has 4 heteroatoms. The molecule has 1 rings (SSSR count). The minimum absolute atomic E-state index is 0.0539. The van der Waals surface area contributed by atoms with E-state index in [0.29, 0.717) is 13.1 Å². The number of halogens is 1. The van der Waals surface area contributed by atoms with Crippen LogP contribution in [0.15, 0.2) is 24.3 Å². The summed E-state index contributed by atoms with van der Waals surface area (Å²) in [7, 11) is 1.61. The molecule has 0 spiro atoms. The predicted molar refractivity (Wildman–Crippen MR) is 69.5 cm³/mol. The molecule has 0 aliphatic rings. The number of ether oxygens (including phenoxy) is 1. The molecule has 0 fully saturated rings. The lowest BCUT2D eigenvalue weighted by Gasteiger charge is -2.21. The number of hydrogen-bond acceptors (Lipinski definition) is 2. The van der Waals surface area contributed by atoms with Gasteiger partial charge in [0.25, 0.3) is 0 Å². The zero-order valence-electron chi connectivity index (χ0n) is 10.4. The lowest BCUT2D eigenvalue weighted by Crippen LogP contribution is -2.33. The zero-order valence-corrected chi connectivity index (χ0v) is 11.2. The highest BCUT2D eigenvalue weighted by Crippen LogP contribution is 2.24. The molecule has 0 aliphatic carbocycles. The Kier molecular flexibility index (Phi) is 5.29. The minimum atomic E-state index is -0.624. The topological polar surface area (TPSA) is 29.5 Å². The zero-order chi connectivity index (χ0) is 12.8. The number of nitrogens with zero attached hydrogens (tertiary/aromatic N) is 1. The first-order valence-electron chi connectivity index (χ1n) is 5.70. The van der Waals surface area contributed by atoms with Crippen LogP contribution in [0.3, 0.4) is 0 Å². The number of alkyl halides is 1. The van der Waals surface area contributed by atoms with E-state index >= 15 is 0 Å². The second-order valence-corrected chi connectivity index (χ2v) is 4.08. The van der Waals surface area contributed by atoms with E-state index < -0.39 is 5.38 Å². The largest absolute Gasteiger partial charge is 0.497 e. The summed E-state index contributed by atoms with van der Waals surface area (Å²) in [6.45, 7) is 5.24. The van der Waals surface area contributed by atoms with E-state index in [1.165, 1.54) is 0 Å². The van der Waals surface area contributed by atoms with E-state index in [9.17, 15) is 4.79 Å². The summed E-state index contributed by atoms with van der Waals surface area (Å²) in [4.78, 5) is 13.7. The molecule has 94 valence electrons. The van der Waals surface area contributed by atoms with Crippen molar-refractivity contribution < 1.29 is 9.53 Å². The number of benzene rings is 1. The molecule has 0 N–H and O–H groups in total. The van der Waals surface area contributed by atoms with Crippen LogP contribution < -0.4 is 4.74 Å². The third kappa shape index (κ3) is 3.37. The Balaban J connectivity index is 2.80. The van der Waals surface area contributed by atoms with E-state index in [2.05, 4.69) is 0 Å². The van der Waals surface area contributed by atoms with Crippen LogP contribution in [0.1, 0.15) is 24.8 Å². The molecule has 1 amide bonds. The van der Waals surface area contributed by atoms with Crippen molar-refractivity contribution in [2.75, 3.05) is 20.2 Å². The van der Waals surface area contributed by atoms with E-state index in [1.54, 1.807) is 24.1 Å². The average Bonchev–Trinajstić information content (AvgIpc) is 2.39. The molecular formula is C13H18ClNO2. The van der Waals surface area contributed by atoms with Gasteiger partial charge in [0.1, 0.15) is 11.1 Å². The molecule has 0 saturated heterocycles. The third-order valence-electron chi connectivity index (χ3n) is 2.70. The molecule has 0 aliphatic heterocycles. The first-order valence-corrected chi connectivity index (χ1v) is 6.14. The number of methoxy groups -OCH3 is 1. The van der Waals surface area contributed by atoms with Gasteiger partial charge in [0, 0.05) is 13.1 Å². The highest BCUT2D eigenvalue weighted by Gasteiger charge is 2.21. The lowest BCUT2D eigenvalue weighted by molar-refractivity contribution is -0.130. The molecule has 1 aromatic rings. The lowest BCUT2D eigenvalue weighted by atomic mass is 10.1. The summed E-state index contributed by atoms with van der Waals surface area (Å²) >= 11 is 6.17. The van der Waals surface area contributed by atoms with E-state index in [4.69, 9.17) is 16.3 Å². The van der Waals surface area contributed by atoms with Crippen LogP contribution in [0, 0.1) is 0 Å². The maximum atomic E-state index is 12.0. The molecule has 1 unspecified atom stereocenters. The van der Waals surface area contributed by atoms with Gasteiger partial charge in [-0.05, 0) is 31.5 Å². The average molecular weight is 256 g/mol. The second-order valence-electron chi connectivity index (χ2n) is 3.65. The fourth-order valence-corrected chi connectivity index (χ4v) is 1.89. The highest BCUT2D eigenvalue weighted by molar-refractivity contribution is 6.30. The van der Waals surface area contributed by atoms with Gasteiger partial charge in [-0.3, -0.25) is 4.79 Å². The van der Waals surface area contributed by atoms with Crippen LogP contribution in [-0.2, 0) is 4.79 Å². The van der Waals surface area contributed by atoms with Crippen LogP contribution in [0.5, 0.6) is 5.75 Å². The van der Waals surface area contributed by atoms with Gasteiger partial charge in [-0.2, -0.15) is 0 Å². The molecule has 1 atom stereocenters. The third-order valence-corrected chi connectivity index (χ3v) is 3.14. The number of likely N-dealkylation sites (N-methyl/N-ethyl adjacent to an activating group) is 1. The fraction of sp³-hybridized carbons (Fsp3) is 0.462. The predicted octanol–water partition coefficient (Wildman–Crippen LogP) is 2.84. The Hall–Kier alpha value is -1.22. The van der Waals surface area contributed by atoms with Crippen LogP contribution in [0.2, 0.25) is 0 Å². The maximum Gasteiger partial charge on any atom is 0.245 e. The molecule has 1 aromatic carbocycles. The molecule has 3 nitrogen and oxygen atoms in total. The van der Waals surface area contributed by atoms with Crippen LogP contribution >= 0.6 is 11.6 Å². The van der Waals surface area contributed by atoms with Crippen LogP contribution in [0.25, 0.3) is 0 Å². The van der Waals surface area contributed by atoms with Crippen molar-refractivity contribution in [2.45, 2.75) is 19.2 Å². The first kappa shape index (κ1) is 13.8. The molecule has 0 heterocycles. The van der Waals surface area contributed by atoms with Gasteiger partial charge in [0.2, 0.25) is 5.91 Å².